The SMILES string of the molecule is c1ccc2c(-c3cnc(Nc4ccc(N5CCOCC5)cc4)c4ncnn34)csc2c1. The fourth-order valence-corrected chi connectivity index (χ4v) is 4.93. The van der Waals surface area contributed by atoms with Crippen molar-refractivity contribution >= 4 is 44.3 Å². The van der Waals surface area contributed by atoms with Crippen LogP contribution < -0.4 is 10.2 Å². The van der Waals surface area contributed by atoms with E-state index in [9.17, 15) is 0 Å². The van der Waals surface area contributed by atoms with Crippen LogP contribution in [0.15, 0.2) is 66.4 Å². The van der Waals surface area contributed by atoms with Gasteiger partial charge in [-0.25, -0.2) is 14.5 Å². The third-order valence-corrected chi connectivity index (χ3v) is 6.53. The molecule has 0 saturated carbocycles. The number of rotatable bonds is 4. The maximum absolute atomic E-state index is 5.44. The van der Waals surface area contributed by atoms with E-state index in [4.69, 9.17) is 9.72 Å². The van der Waals surface area contributed by atoms with E-state index in [1.54, 1.807) is 17.7 Å². The molecule has 0 aliphatic carbocycles. The number of nitrogens with zero attached hydrogens (tertiary/aromatic N) is 5. The Morgan fingerprint density at radius 2 is 1.81 bits per heavy atom. The van der Waals surface area contributed by atoms with Gasteiger partial charge >= 0.3 is 0 Å². The van der Waals surface area contributed by atoms with Crippen molar-refractivity contribution in [2.24, 2.45) is 0 Å². The number of hydrogen-bond acceptors (Lipinski definition) is 7. The van der Waals surface area contributed by atoms with E-state index in [0.29, 0.717) is 11.5 Å². The number of benzene rings is 2. The highest BCUT2D eigenvalue weighted by atomic mass is 32.1. The highest BCUT2D eigenvalue weighted by Gasteiger charge is 2.15. The lowest BCUT2D eigenvalue weighted by atomic mass is 10.1. The highest BCUT2D eigenvalue weighted by molar-refractivity contribution is 7.17. The first kappa shape index (κ1) is 18.3. The monoisotopic (exact) mass is 428 g/mol. The number of thiophene rings is 1. The fraction of sp³-hybridized carbons (Fsp3) is 0.174. The van der Waals surface area contributed by atoms with Gasteiger partial charge in [0, 0.05) is 45.5 Å². The topological polar surface area (TPSA) is 67.6 Å². The highest BCUT2D eigenvalue weighted by Crippen LogP contribution is 2.34. The van der Waals surface area contributed by atoms with Crippen LogP contribution >= 0.6 is 11.3 Å². The third kappa shape index (κ3) is 3.30. The molecule has 0 amide bonds. The summed E-state index contributed by atoms with van der Waals surface area (Å²) in [5.74, 6) is 0.680. The summed E-state index contributed by atoms with van der Waals surface area (Å²) >= 11 is 1.72. The van der Waals surface area contributed by atoms with Crippen molar-refractivity contribution in [2.45, 2.75) is 0 Å². The van der Waals surface area contributed by atoms with Crippen LogP contribution in [0.2, 0.25) is 0 Å². The molecule has 1 aliphatic heterocycles. The molecular formula is C23H20N6OS. The van der Waals surface area contributed by atoms with Gasteiger partial charge in [0.15, 0.2) is 11.5 Å². The Morgan fingerprint density at radius 3 is 2.68 bits per heavy atom. The first-order chi connectivity index (χ1) is 15.4. The van der Waals surface area contributed by atoms with Crippen LogP contribution in [0.25, 0.3) is 27.0 Å². The molecule has 7 nitrogen and oxygen atoms in total. The van der Waals surface area contributed by atoms with E-state index in [2.05, 4.69) is 74.2 Å². The molecule has 0 spiro atoms. The molecule has 1 N–H and O–H groups in total. The maximum atomic E-state index is 5.44. The van der Waals surface area contributed by atoms with Gasteiger partial charge in [0.1, 0.15) is 6.33 Å². The predicted molar refractivity (Wildman–Crippen MR) is 124 cm³/mol. The Labute approximate surface area is 182 Å². The van der Waals surface area contributed by atoms with Crippen LogP contribution in [0.3, 0.4) is 0 Å². The number of fused-ring (bicyclic) bond motifs is 2. The van der Waals surface area contributed by atoms with Gasteiger partial charge in [0.05, 0.1) is 25.1 Å². The van der Waals surface area contributed by atoms with Gasteiger partial charge in [-0.1, -0.05) is 18.2 Å². The first-order valence-corrected chi connectivity index (χ1v) is 11.1. The average molecular weight is 429 g/mol. The quantitative estimate of drug-likeness (QED) is 0.452. The second-order valence-electron chi connectivity index (χ2n) is 7.40. The summed E-state index contributed by atoms with van der Waals surface area (Å²) in [4.78, 5) is 11.5. The fourth-order valence-electron chi connectivity index (χ4n) is 3.98. The second kappa shape index (κ2) is 7.64. The smallest absolute Gasteiger partial charge is 0.199 e. The molecule has 154 valence electrons. The Morgan fingerprint density at radius 1 is 0.968 bits per heavy atom. The van der Waals surface area contributed by atoms with Gasteiger partial charge in [-0.3, -0.25) is 0 Å². The zero-order chi connectivity index (χ0) is 20.6. The molecule has 0 unspecified atom stereocenters. The molecule has 1 fully saturated rings. The van der Waals surface area contributed by atoms with Gasteiger partial charge in [-0.2, -0.15) is 5.10 Å². The Bertz CT molecular complexity index is 1350. The first-order valence-electron chi connectivity index (χ1n) is 10.2. The lowest BCUT2D eigenvalue weighted by Gasteiger charge is -2.28. The molecule has 31 heavy (non-hydrogen) atoms. The van der Waals surface area contributed by atoms with E-state index in [0.717, 1.165) is 43.2 Å². The largest absolute Gasteiger partial charge is 0.378 e. The molecule has 1 aliphatic rings. The molecule has 4 heterocycles. The van der Waals surface area contributed by atoms with Crippen molar-refractivity contribution in [1.82, 2.24) is 19.6 Å². The summed E-state index contributed by atoms with van der Waals surface area (Å²) in [6.07, 6.45) is 3.43. The number of anilines is 3. The van der Waals surface area contributed by atoms with Gasteiger partial charge in [-0.05, 0) is 30.3 Å². The number of morpholine rings is 1. The maximum Gasteiger partial charge on any atom is 0.199 e. The van der Waals surface area contributed by atoms with E-state index in [-0.39, 0.29) is 0 Å². The minimum Gasteiger partial charge on any atom is -0.378 e. The van der Waals surface area contributed by atoms with Crippen LogP contribution in [-0.2, 0) is 4.74 Å². The molecule has 1 saturated heterocycles. The van der Waals surface area contributed by atoms with Gasteiger partial charge in [-0.15, -0.1) is 11.3 Å². The van der Waals surface area contributed by atoms with E-state index in [1.165, 1.54) is 15.8 Å². The van der Waals surface area contributed by atoms with Crippen molar-refractivity contribution in [3.8, 4) is 11.3 Å². The third-order valence-electron chi connectivity index (χ3n) is 5.57. The van der Waals surface area contributed by atoms with Crippen LogP contribution in [-0.4, -0.2) is 45.9 Å². The Balaban J connectivity index is 1.32. The zero-order valence-electron chi connectivity index (χ0n) is 16.7. The van der Waals surface area contributed by atoms with E-state index < -0.39 is 0 Å². The van der Waals surface area contributed by atoms with Crippen molar-refractivity contribution in [1.29, 1.82) is 0 Å². The molecule has 0 atom stereocenters. The van der Waals surface area contributed by atoms with Crippen molar-refractivity contribution in [3.05, 3.63) is 66.4 Å². The average Bonchev–Trinajstić information content (AvgIpc) is 3.49. The molecule has 2 aromatic carbocycles. The standard InChI is InChI=1S/C23H20N6OS/c1-2-4-21-18(3-1)19(14-31-21)20-13-24-22(23-25-15-26-29(20)23)27-16-5-7-17(8-6-16)28-9-11-30-12-10-28/h1-8,13-15H,9-12H2,(H,24,27). The van der Waals surface area contributed by atoms with Gasteiger partial charge in [0.25, 0.3) is 0 Å². The predicted octanol–water partition coefficient (Wildman–Crippen LogP) is 4.59. The lowest BCUT2D eigenvalue weighted by molar-refractivity contribution is 0.122. The molecular weight excluding hydrogens is 408 g/mol. The number of nitrogens with one attached hydrogen (secondary N) is 1. The zero-order valence-corrected chi connectivity index (χ0v) is 17.5. The Kier molecular flexibility index (Phi) is 4.51. The number of hydrogen-bond donors (Lipinski definition) is 1. The normalized spacial score (nSPS) is 14.4. The van der Waals surface area contributed by atoms with Crippen molar-refractivity contribution < 1.29 is 4.74 Å². The van der Waals surface area contributed by atoms with E-state index >= 15 is 0 Å². The van der Waals surface area contributed by atoms with Gasteiger partial charge < -0.3 is 15.0 Å². The summed E-state index contributed by atoms with van der Waals surface area (Å²) in [5.41, 5.74) is 4.91. The van der Waals surface area contributed by atoms with Crippen LogP contribution in [0.1, 0.15) is 0 Å². The van der Waals surface area contributed by atoms with E-state index in [1.807, 2.05) is 10.7 Å². The minimum absolute atomic E-state index is 0.680. The van der Waals surface area contributed by atoms with Crippen LogP contribution in [0, 0.1) is 0 Å². The molecule has 0 bridgehead atoms. The lowest BCUT2D eigenvalue weighted by Crippen LogP contribution is -2.36. The van der Waals surface area contributed by atoms with Gasteiger partial charge in [0.2, 0.25) is 0 Å². The number of aromatic nitrogens is 4. The Hall–Kier alpha value is -3.49. The molecule has 0 radical (unpaired) electrons. The van der Waals surface area contributed by atoms with Crippen molar-refractivity contribution in [3.63, 3.8) is 0 Å². The summed E-state index contributed by atoms with van der Waals surface area (Å²) in [6, 6.07) is 16.8. The molecule has 6 rings (SSSR count). The summed E-state index contributed by atoms with van der Waals surface area (Å²) in [6.45, 7) is 3.40. The van der Waals surface area contributed by atoms with Crippen LogP contribution in [0.4, 0.5) is 17.2 Å². The van der Waals surface area contributed by atoms with Crippen molar-refractivity contribution in [2.75, 3.05) is 36.5 Å². The second-order valence-corrected chi connectivity index (χ2v) is 8.32. The summed E-state index contributed by atoms with van der Waals surface area (Å²) in [5, 5.41) is 11.2. The number of ether oxygens (including phenoxy) is 1. The molecule has 8 heteroatoms. The summed E-state index contributed by atoms with van der Waals surface area (Å²) in [7, 11) is 0. The molecule has 3 aromatic heterocycles. The van der Waals surface area contributed by atoms with Crippen LogP contribution in [0.5, 0.6) is 0 Å². The molecule has 5 aromatic rings. The summed E-state index contributed by atoms with van der Waals surface area (Å²) < 4.78 is 8.54. The minimum atomic E-state index is 0.680.